The van der Waals surface area contributed by atoms with Crippen LogP contribution >= 0.6 is 11.8 Å². The molecule has 0 atom stereocenters. The molecule has 7 heteroatoms. The van der Waals surface area contributed by atoms with Crippen molar-refractivity contribution in [1.29, 1.82) is 0 Å². The number of carbonyl (C=O) groups excluding carboxylic acids is 1. The summed E-state index contributed by atoms with van der Waals surface area (Å²) in [7, 11) is 0. The minimum absolute atomic E-state index is 0.0300. The highest BCUT2D eigenvalue weighted by atomic mass is 32.2. The van der Waals surface area contributed by atoms with Crippen molar-refractivity contribution in [2.45, 2.75) is 6.18 Å². The monoisotopic (exact) mass is 272 g/mol. The van der Waals surface area contributed by atoms with Gasteiger partial charge in [-0.1, -0.05) is 12.1 Å². The van der Waals surface area contributed by atoms with E-state index in [4.69, 9.17) is 5.73 Å². The molecule has 0 saturated carbocycles. The SMILES string of the molecule is NC1=NC(=O)S/C1=C\c1cccc(C(F)(F)F)c1. The van der Waals surface area contributed by atoms with Gasteiger partial charge in [0.25, 0.3) is 0 Å². The number of amides is 1. The predicted octanol–water partition coefficient (Wildman–Crippen LogP) is 3.27. The Kier molecular flexibility index (Phi) is 3.16. The second-order valence-electron chi connectivity index (χ2n) is 3.50. The zero-order valence-electron chi connectivity index (χ0n) is 8.86. The van der Waals surface area contributed by atoms with Gasteiger partial charge in [-0.15, -0.1) is 0 Å². The zero-order valence-corrected chi connectivity index (χ0v) is 9.68. The van der Waals surface area contributed by atoms with Crippen molar-refractivity contribution >= 4 is 28.9 Å². The van der Waals surface area contributed by atoms with Crippen molar-refractivity contribution in [2.75, 3.05) is 0 Å². The van der Waals surface area contributed by atoms with Crippen LogP contribution in [0.4, 0.5) is 18.0 Å². The highest BCUT2D eigenvalue weighted by Gasteiger charge is 2.30. The van der Waals surface area contributed by atoms with Crippen molar-refractivity contribution in [1.82, 2.24) is 0 Å². The van der Waals surface area contributed by atoms with Crippen molar-refractivity contribution in [2.24, 2.45) is 10.7 Å². The number of aliphatic imine (C=N–C) groups is 1. The molecule has 0 unspecified atom stereocenters. The van der Waals surface area contributed by atoms with E-state index >= 15 is 0 Å². The highest BCUT2D eigenvalue weighted by Crippen LogP contribution is 2.31. The normalized spacial score (nSPS) is 18.3. The van der Waals surface area contributed by atoms with E-state index in [9.17, 15) is 18.0 Å². The Morgan fingerprint density at radius 3 is 2.61 bits per heavy atom. The number of hydrogen-bond acceptors (Lipinski definition) is 3. The summed E-state index contributed by atoms with van der Waals surface area (Å²) in [4.78, 5) is 14.8. The summed E-state index contributed by atoms with van der Waals surface area (Å²) in [6, 6.07) is 4.76. The Balaban J connectivity index is 2.34. The lowest BCUT2D eigenvalue weighted by atomic mass is 10.1. The van der Waals surface area contributed by atoms with Crippen LogP contribution in [0.15, 0.2) is 34.2 Å². The number of carbonyl (C=O) groups is 1. The second kappa shape index (κ2) is 4.49. The summed E-state index contributed by atoms with van der Waals surface area (Å²) < 4.78 is 37.5. The molecule has 0 saturated heterocycles. The van der Waals surface area contributed by atoms with Gasteiger partial charge in [0.1, 0.15) is 5.84 Å². The van der Waals surface area contributed by atoms with Gasteiger partial charge in [-0.3, -0.25) is 4.79 Å². The average Bonchev–Trinajstić information content (AvgIpc) is 2.56. The summed E-state index contributed by atoms with van der Waals surface area (Å²) in [6.07, 6.45) is -2.99. The first kappa shape index (κ1) is 12.7. The predicted molar refractivity (Wildman–Crippen MR) is 64.0 cm³/mol. The van der Waals surface area contributed by atoms with Crippen molar-refractivity contribution in [3.8, 4) is 0 Å². The van der Waals surface area contributed by atoms with Gasteiger partial charge in [-0.05, 0) is 35.5 Å². The first-order valence-corrected chi connectivity index (χ1v) is 5.63. The number of alkyl halides is 3. The van der Waals surface area contributed by atoms with Gasteiger partial charge >= 0.3 is 11.4 Å². The Hall–Kier alpha value is -1.76. The molecular formula is C11H7F3N2OS. The van der Waals surface area contributed by atoms with Crippen LogP contribution in [0, 0.1) is 0 Å². The van der Waals surface area contributed by atoms with Crippen molar-refractivity contribution in [3.05, 3.63) is 40.3 Å². The molecule has 1 aromatic rings. The summed E-state index contributed by atoms with van der Waals surface area (Å²) in [5, 5.41) is -0.467. The molecule has 94 valence electrons. The molecular weight excluding hydrogens is 265 g/mol. The fourth-order valence-corrected chi connectivity index (χ4v) is 2.06. The largest absolute Gasteiger partial charge is 0.416 e. The van der Waals surface area contributed by atoms with Gasteiger partial charge in [-0.2, -0.15) is 18.2 Å². The molecule has 1 aliphatic rings. The molecule has 2 rings (SSSR count). The molecule has 1 amide bonds. The number of rotatable bonds is 1. The first-order chi connectivity index (χ1) is 8.36. The lowest BCUT2D eigenvalue weighted by molar-refractivity contribution is -0.137. The van der Waals surface area contributed by atoms with Crippen LogP contribution in [0.25, 0.3) is 6.08 Å². The number of nitrogens with zero attached hydrogens (tertiary/aromatic N) is 1. The minimum Gasteiger partial charge on any atom is -0.383 e. The van der Waals surface area contributed by atoms with E-state index in [0.29, 0.717) is 10.5 Å². The lowest BCUT2D eigenvalue weighted by Crippen LogP contribution is -2.09. The molecule has 3 nitrogen and oxygen atoms in total. The molecule has 0 aliphatic carbocycles. The Morgan fingerprint density at radius 1 is 1.33 bits per heavy atom. The molecule has 0 bridgehead atoms. The first-order valence-electron chi connectivity index (χ1n) is 4.81. The third-order valence-corrected chi connectivity index (χ3v) is 2.99. The molecule has 2 N–H and O–H groups in total. The van der Waals surface area contributed by atoms with Crippen molar-refractivity contribution < 1.29 is 18.0 Å². The number of benzene rings is 1. The molecule has 1 heterocycles. The van der Waals surface area contributed by atoms with E-state index in [0.717, 1.165) is 23.9 Å². The molecule has 0 aromatic heterocycles. The Bertz CT molecular complexity index is 564. The fourth-order valence-electron chi connectivity index (χ4n) is 1.38. The van der Waals surface area contributed by atoms with Crippen LogP contribution in [-0.4, -0.2) is 11.1 Å². The van der Waals surface area contributed by atoms with Crippen LogP contribution < -0.4 is 5.73 Å². The molecule has 0 fully saturated rings. The summed E-state index contributed by atoms with van der Waals surface area (Å²) in [5.41, 5.74) is 5.03. The minimum atomic E-state index is -4.40. The van der Waals surface area contributed by atoms with Crippen LogP contribution in [0.3, 0.4) is 0 Å². The van der Waals surface area contributed by atoms with Crippen LogP contribution in [0.1, 0.15) is 11.1 Å². The number of amidine groups is 1. The maximum atomic E-state index is 12.5. The zero-order chi connectivity index (χ0) is 13.3. The van der Waals surface area contributed by atoms with Crippen LogP contribution in [0.2, 0.25) is 0 Å². The molecule has 1 aliphatic heterocycles. The van der Waals surface area contributed by atoms with Gasteiger partial charge in [0.05, 0.1) is 10.5 Å². The fraction of sp³-hybridized carbons (Fsp3) is 0.0909. The van der Waals surface area contributed by atoms with Gasteiger partial charge in [0, 0.05) is 0 Å². The second-order valence-corrected chi connectivity index (χ2v) is 4.49. The number of thioether (sulfide) groups is 1. The van der Waals surface area contributed by atoms with E-state index in [1.54, 1.807) is 0 Å². The van der Waals surface area contributed by atoms with Gasteiger partial charge in [-0.25, -0.2) is 0 Å². The molecule has 0 spiro atoms. The summed E-state index contributed by atoms with van der Waals surface area (Å²) >= 11 is 0.794. The number of nitrogens with two attached hydrogens (primary N) is 1. The average molecular weight is 272 g/mol. The maximum Gasteiger partial charge on any atom is 0.416 e. The Morgan fingerprint density at radius 2 is 2.06 bits per heavy atom. The summed E-state index contributed by atoms with van der Waals surface area (Å²) in [5.74, 6) is 0.0300. The lowest BCUT2D eigenvalue weighted by Gasteiger charge is -2.07. The highest BCUT2D eigenvalue weighted by molar-refractivity contribution is 8.18. The van der Waals surface area contributed by atoms with Crippen LogP contribution in [-0.2, 0) is 6.18 Å². The van der Waals surface area contributed by atoms with Gasteiger partial charge in [0.2, 0.25) is 0 Å². The number of halogens is 3. The third-order valence-electron chi connectivity index (χ3n) is 2.17. The topological polar surface area (TPSA) is 55.4 Å². The Labute approximate surface area is 105 Å². The molecule has 1 aromatic carbocycles. The van der Waals surface area contributed by atoms with Crippen molar-refractivity contribution in [3.63, 3.8) is 0 Å². The van der Waals surface area contributed by atoms with E-state index in [1.165, 1.54) is 18.2 Å². The van der Waals surface area contributed by atoms with E-state index < -0.39 is 17.0 Å². The van der Waals surface area contributed by atoms with E-state index in [2.05, 4.69) is 4.99 Å². The number of hydrogen-bond donors (Lipinski definition) is 1. The summed E-state index contributed by atoms with van der Waals surface area (Å²) in [6.45, 7) is 0. The van der Waals surface area contributed by atoms with E-state index in [-0.39, 0.29) is 5.84 Å². The molecule has 18 heavy (non-hydrogen) atoms. The smallest absolute Gasteiger partial charge is 0.383 e. The molecule has 0 radical (unpaired) electrons. The maximum absolute atomic E-state index is 12.5. The van der Waals surface area contributed by atoms with E-state index in [1.807, 2.05) is 0 Å². The quantitative estimate of drug-likeness (QED) is 0.853. The van der Waals surface area contributed by atoms with Crippen LogP contribution in [0.5, 0.6) is 0 Å². The third kappa shape index (κ3) is 2.73. The van der Waals surface area contributed by atoms with Gasteiger partial charge in [0.15, 0.2) is 0 Å². The van der Waals surface area contributed by atoms with Gasteiger partial charge < -0.3 is 5.73 Å². The standard InChI is InChI=1S/C11H7F3N2OS/c12-11(13,14)7-3-1-2-6(4-7)5-8-9(15)16-10(17)18-8/h1-5H,(H2,15,16,17)/b8-5-.